The van der Waals surface area contributed by atoms with Crippen molar-refractivity contribution in [2.24, 2.45) is 0 Å². The second-order valence-corrected chi connectivity index (χ2v) is 6.07. The molecule has 120 valence electrons. The highest BCUT2D eigenvalue weighted by Gasteiger charge is 2.30. The topological polar surface area (TPSA) is 53.2 Å². The Balaban J connectivity index is 1.67. The molecule has 0 aromatic heterocycles. The van der Waals surface area contributed by atoms with Crippen molar-refractivity contribution in [3.8, 4) is 0 Å². The highest BCUT2D eigenvalue weighted by atomic mass is 35.5. The van der Waals surface area contributed by atoms with Crippen LogP contribution >= 0.6 is 11.6 Å². The summed E-state index contributed by atoms with van der Waals surface area (Å²) in [4.78, 5) is 12.4. The Morgan fingerprint density at radius 3 is 2.87 bits per heavy atom. The molecule has 1 amide bonds. The Morgan fingerprint density at radius 2 is 2.09 bits per heavy atom. The number of anilines is 1. The number of hydrazine groups is 1. The Labute approximate surface area is 139 Å². The van der Waals surface area contributed by atoms with Gasteiger partial charge in [-0.2, -0.15) is 0 Å². The third kappa shape index (κ3) is 3.69. The molecule has 2 aromatic carbocycles. The van der Waals surface area contributed by atoms with Crippen LogP contribution in [0, 0.1) is 12.7 Å². The molecule has 1 heterocycles. The second-order valence-electron chi connectivity index (χ2n) is 5.63. The van der Waals surface area contributed by atoms with Crippen molar-refractivity contribution in [2.45, 2.75) is 25.4 Å². The van der Waals surface area contributed by atoms with Gasteiger partial charge in [0.2, 0.25) is 5.91 Å². The van der Waals surface area contributed by atoms with Gasteiger partial charge in [0.15, 0.2) is 0 Å². The average molecular weight is 334 g/mol. The molecular weight excluding hydrogens is 317 g/mol. The lowest BCUT2D eigenvalue weighted by Crippen LogP contribution is -2.39. The fourth-order valence-corrected chi connectivity index (χ4v) is 2.82. The predicted molar refractivity (Wildman–Crippen MR) is 88.6 cm³/mol. The number of halogens is 2. The predicted octanol–water partition coefficient (Wildman–Crippen LogP) is 3.33. The zero-order valence-electron chi connectivity index (χ0n) is 12.6. The summed E-state index contributed by atoms with van der Waals surface area (Å²) in [5.74, 6) is -0.573. The van der Waals surface area contributed by atoms with Crippen LogP contribution in [-0.2, 0) is 4.79 Å². The smallest absolute Gasteiger partial charge is 0.242 e. The van der Waals surface area contributed by atoms with Gasteiger partial charge in [0.05, 0.1) is 0 Å². The first-order valence-electron chi connectivity index (χ1n) is 7.36. The summed E-state index contributed by atoms with van der Waals surface area (Å²) < 4.78 is 13.3. The number of aryl methyl sites for hydroxylation is 1. The van der Waals surface area contributed by atoms with E-state index in [1.165, 1.54) is 12.1 Å². The molecule has 1 aliphatic heterocycles. The van der Waals surface area contributed by atoms with E-state index in [0.717, 1.165) is 11.1 Å². The SMILES string of the molecule is Cc1ccc(F)cc1NC(=O)C1CC(c2cccc(Cl)c2)NN1. The van der Waals surface area contributed by atoms with Gasteiger partial charge in [-0.3, -0.25) is 4.79 Å². The van der Waals surface area contributed by atoms with E-state index in [0.29, 0.717) is 17.1 Å². The van der Waals surface area contributed by atoms with Gasteiger partial charge in [-0.05, 0) is 48.7 Å². The summed E-state index contributed by atoms with van der Waals surface area (Å²) in [6, 6.07) is 11.5. The Kier molecular flexibility index (Phi) is 4.61. The maximum Gasteiger partial charge on any atom is 0.242 e. The molecule has 0 aliphatic carbocycles. The molecule has 0 saturated carbocycles. The molecule has 2 unspecified atom stereocenters. The van der Waals surface area contributed by atoms with Gasteiger partial charge < -0.3 is 5.32 Å². The lowest BCUT2D eigenvalue weighted by molar-refractivity contribution is -0.117. The summed E-state index contributed by atoms with van der Waals surface area (Å²) in [7, 11) is 0. The molecule has 23 heavy (non-hydrogen) atoms. The minimum atomic E-state index is -0.401. The normalized spacial score (nSPS) is 20.5. The monoisotopic (exact) mass is 333 g/mol. The summed E-state index contributed by atoms with van der Waals surface area (Å²) in [6.45, 7) is 1.82. The van der Waals surface area contributed by atoms with Gasteiger partial charge in [-0.1, -0.05) is 29.8 Å². The highest BCUT2D eigenvalue weighted by Crippen LogP contribution is 2.25. The van der Waals surface area contributed by atoms with Gasteiger partial charge in [0, 0.05) is 16.8 Å². The first kappa shape index (κ1) is 15.9. The van der Waals surface area contributed by atoms with Crippen molar-refractivity contribution in [2.75, 3.05) is 5.32 Å². The van der Waals surface area contributed by atoms with Crippen molar-refractivity contribution in [3.05, 3.63) is 64.4 Å². The third-order valence-electron chi connectivity index (χ3n) is 3.93. The molecule has 1 aliphatic rings. The molecule has 6 heteroatoms. The highest BCUT2D eigenvalue weighted by molar-refractivity contribution is 6.30. The van der Waals surface area contributed by atoms with Gasteiger partial charge >= 0.3 is 0 Å². The number of carbonyl (C=O) groups is 1. The van der Waals surface area contributed by atoms with Crippen LogP contribution in [0.2, 0.25) is 5.02 Å². The largest absolute Gasteiger partial charge is 0.324 e. The summed E-state index contributed by atoms with van der Waals surface area (Å²) in [5, 5.41) is 3.43. The maximum atomic E-state index is 13.3. The molecule has 1 fully saturated rings. The van der Waals surface area contributed by atoms with Crippen LogP contribution in [0.15, 0.2) is 42.5 Å². The van der Waals surface area contributed by atoms with E-state index in [9.17, 15) is 9.18 Å². The number of hydrogen-bond acceptors (Lipinski definition) is 3. The first-order valence-corrected chi connectivity index (χ1v) is 7.74. The standard InChI is InChI=1S/C17H17ClFN3O/c1-10-5-6-13(19)8-14(10)20-17(23)16-9-15(21-22-16)11-3-2-4-12(18)7-11/h2-8,15-16,21-22H,9H2,1H3,(H,20,23). The average Bonchev–Trinajstić information content (AvgIpc) is 3.01. The maximum absolute atomic E-state index is 13.3. The van der Waals surface area contributed by atoms with E-state index < -0.39 is 6.04 Å². The molecule has 2 atom stereocenters. The second kappa shape index (κ2) is 6.66. The minimum Gasteiger partial charge on any atom is -0.324 e. The van der Waals surface area contributed by atoms with Crippen LogP contribution in [0.3, 0.4) is 0 Å². The number of amides is 1. The van der Waals surface area contributed by atoms with Crippen LogP contribution in [-0.4, -0.2) is 11.9 Å². The number of benzene rings is 2. The Bertz CT molecular complexity index is 738. The van der Waals surface area contributed by atoms with Crippen molar-refractivity contribution in [3.63, 3.8) is 0 Å². The van der Waals surface area contributed by atoms with Crippen LogP contribution in [0.25, 0.3) is 0 Å². The van der Waals surface area contributed by atoms with Crippen LogP contribution < -0.4 is 16.2 Å². The molecule has 0 spiro atoms. The molecule has 0 radical (unpaired) electrons. The fraction of sp³-hybridized carbons (Fsp3) is 0.235. The minimum absolute atomic E-state index is 0.00180. The van der Waals surface area contributed by atoms with Crippen LogP contribution in [0.4, 0.5) is 10.1 Å². The lowest BCUT2D eigenvalue weighted by Gasteiger charge is -2.12. The zero-order chi connectivity index (χ0) is 16.4. The lowest BCUT2D eigenvalue weighted by atomic mass is 10.0. The number of nitrogens with one attached hydrogen (secondary N) is 3. The Hall–Kier alpha value is -1.95. The van der Waals surface area contributed by atoms with Gasteiger partial charge in [-0.25, -0.2) is 15.2 Å². The molecule has 3 rings (SSSR count). The molecular formula is C17H17ClFN3O. The molecule has 1 saturated heterocycles. The van der Waals surface area contributed by atoms with E-state index in [1.54, 1.807) is 6.07 Å². The van der Waals surface area contributed by atoms with E-state index in [4.69, 9.17) is 11.6 Å². The van der Waals surface area contributed by atoms with E-state index in [-0.39, 0.29) is 17.8 Å². The summed E-state index contributed by atoms with van der Waals surface area (Å²) in [6.07, 6.45) is 0.584. The Morgan fingerprint density at radius 1 is 1.26 bits per heavy atom. The van der Waals surface area contributed by atoms with Gasteiger partial charge in [0.25, 0.3) is 0 Å². The fourth-order valence-electron chi connectivity index (χ4n) is 2.62. The van der Waals surface area contributed by atoms with E-state index in [2.05, 4.69) is 16.2 Å². The first-order chi connectivity index (χ1) is 11.0. The van der Waals surface area contributed by atoms with E-state index in [1.807, 2.05) is 31.2 Å². The summed E-state index contributed by atoms with van der Waals surface area (Å²) >= 11 is 6.00. The van der Waals surface area contributed by atoms with Crippen LogP contribution in [0.1, 0.15) is 23.6 Å². The number of rotatable bonds is 3. The number of carbonyl (C=O) groups excluding carboxylic acids is 1. The number of hydrogen-bond donors (Lipinski definition) is 3. The quantitative estimate of drug-likeness (QED) is 0.807. The van der Waals surface area contributed by atoms with Crippen molar-refractivity contribution in [1.29, 1.82) is 0 Å². The van der Waals surface area contributed by atoms with Crippen molar-refractivity contribution in [1.82, 2.24) is 10.9 Å². The van der Waals surface area contributed by atoms with E-state index >= 15 is 0 Å². The van der Waals surface area contributed by atoms with Gasteiger partial charge in [-0.15, -0.1) is 0 Å². The van der Waals surface area contributed by atoms with Crippen molar-refractivity contribution >= 4 is 23.2 Å². The molecule has 2 aromatic rings. The van der Waals surface area contributed by atoms with Crippen molar-refractivity contribution < 1.29 is 9.18 Å². The van der Waals surface area contributed by atoms with Crippen LogP contribution in [0.5, 0.6) is 0 Å². The van der Waals surface area contributed by atoms with Gasteiger partial charge in [0.1, 0.15) is 11.9 Å². The third-order valence-corrected chi connectivity index (χ3v) is 4.16. The zero-order valence-corrected chi connectivity index (χ0v) is 13.3. The molecule has 3 N–H and O–H groups in total. The molecule has 0 bridgehead atoms. The summed E-state index contributed by atoms with van der Waals surface area (Å²) in [5.41, 5.74) is 8.40. The molecule has 4 nitrogen and oxygen atoms in total.